The van der Waals surface area contributed by atoms with Crippen LogP contribution in [0.15, 0.2) is 53.7 Å². The highest BCUT2D eigenvalue weighted by Gasteiger charge is 2.44. The monoisotopic (exact) mass is 387 g/mol. The Labute approximate surface area is 173 Å². The first-order valence-corrected chi connectivity index (χ1v) is 10.4. The maximum absolute atomic E-state index is 13.4. The van der Waals surface area contributed by atoms with Crippen LogP contribution in [0.4, 0.5) is 5.69 Å². The molecular weight excluding hydrogens is 358 g/mol. The highest BCUT2D eigenvalue weighted by molar-refractivity contribution is 6.07. The minimum atomic E-state index is -0.151. The zero-order valence-corrected chi connectivity index (χ0v) is 18.0. The largest absolute Gasteiger partial charge is 0.294 e. The molecule has 2 aliphatic rings. The Hall–Kier alpha value is -2.68. The maximum Gasteiger partial charge on any atom is 0.232 e. The Bertz CT molecular complexity index is 1040. The van der Waals surface area contributed by atoms with Crippen molar-refractivity contribution < 1.29 is 9.59 Å². The van der Waals surface area contributed by atoms with E-state index in [1.54, 1.807) is 0 Å². The summed E-state index contributed by atoms with van der Waals surface area (Å²) in [6, 6.07) is 14.3. The average molecular weight is 388 g/mol. The molecule has 1 heterocycles. The van der Waals surface area contributed by atoms with Gasteiger partial charge in [0.25, 0.3) is 0 Å². The summed E-state index contributed by atoms with van der Waals surface area (Å²) >= 11 is 0. The lowest BCUT2D eigenvalue weighted by Crippen LogP contribution is -2.43. The fourth-order valence-corrected chi connectivity index (χ4v) is 4.82. The predicted molar refractivity (Wildman–Crippen MR) is 117 cm³/mol. The molecule has 2 aromatic rings. The number of anilines is 1. The van der Waals surface area contributed by atoms with E-state index in [-0.39, 0.29) is 23.0 Å². The standard InChI is InChI=1S/C26H29NO2/c1-16-10-11-19(12-18(16)3)27-22-14-26(4,5)15-23(28)25(22)21(13-24(27)29)20-9-7-6-8-17(20)2/h6-12,21H,13-15H2,1-5H3. The maximum atomic E-state index is 13.4. The Morgan fingerprint density at radius 2 is 1.62 bits per heavy atom. The molecule has 4 rings (SSSR count). The number of amides is 1. The van der Waals surface area contributed by atoms with Crippen molar-refractivity contribution in [3.63, 3.8) is 0 Å². The summed E-state index contributed by atoms with van der Waals surface area (Å²) < 4.78 is 0. The van der Waals surface area contributed by atoms with Gasteiger partial charge in [0.1, 0.15) is 0 Å². The molecule has 0 saturated heterocycles. The summed E-state index contributed by atoms with van der Waals surface area (Å²) in [5, 5.41) is 0. The van der Waals surface area contributed by atoms with Gasteiger partial charge < -0.3 is 0 Å². The van der Waals surface area contributed by atoms with Crippen LogP contribution < -0.4 is 4.90 Å². The minimum Gasteiger partial charge on any atom is -0.294 e. The Balaban J connectivity index is 1.92. The number of benzene rings is 2. The van der Waals surface area contributed by atoms with Crippen LogP contribution in [0, 0.1) is 26.2 Å². The molecule has 0 fully saturated rings. The Kier molecular flexibility index (Phi) is 4.72. The van der Waals surface area contributed by atoms with Gasteiger partial charge >= 0.3 is 0 Å². The number of carbonyl (C=O) groups is 2. The number of allylic oxidation sites excluding steroid dienone is 2. The zero-order valence-electron chi connectivity index (χ0n) is 18.0. The first kappa shape index (κ1) is 19.6. The van der Waals surface area contributed by atoms with Gasteiger partial charge in [0.05, 0.1) is 0 Å². The third kappa shape index (κ3) is 3.43. The molecular formula is C26H29NO2. The third-order valence-corrected chi connectivity index (χ3v) is 6.46. The molecule has 0 N–H and O–H groups in total. The van der Waals surface area contributed by atoms with Crippen molar-refractivity contribution in [1.82, 2.24) is 0 Å². The van der Waals surface area contributed by atoms with Gasteiger partial charge in [-0.25, -0.2) is 0 Å². The first-order valence-electron chi connectivity index (χ1n) is 10.4. The summed E-state index contributed by atoms with van der Waals surface area (Å²) in [5.41, 5.74) is 7.05. The summed E-state index contributed by atoms with van der Waals surface area (Å²) in [5.74, 6) is 0.113. The van der Waals surface area contributed by atoms with Crippen LogP contribution in [-0.4, -0.2) is 11.7 Å². The molecule has 1 unspecified atom stereocenters. The molecule has 3 heteroatoms. The number of ketones is 1. The highest BCUT2D eigenvalue weighted by atomic mass is 16.2. The Morgan fingerprint density at radius 1 is 0.897 bits per heavy atom. The highest BCUT2D eigenvalue weighted by Crippen LogP contribution is 2.48. The van der Waals surface area contributed by atoms with E-state index in [1.165, 1.54) is 5.56 Å². The van der Waals surface area contributed by atoms with Crippen LogP contribution in [0.3, 0.4) is 0 Å². The molecule has 1 atom stereocenters. The van der Waals surface area contributed by atoms with Gasteiger partial charge in [-0.1, -0.05) is 44.2 Å². The van der Waals surface area contributed by atoms with E-state index in [9.17, 15) is 9.59 Å². The van der Waals surface area contributed by atoms with Crippen LogP contribution in [0.25, 0.3) is 0 Å². The van der Waals surface area contributed by atoms with Gasteiger partial charge in [0.15, 0.2) is 5.78 Å². The van der Waals surface area contributed by atoms with Crippen molar-refractivity contribution in [2.45, 2.75) is 59.8 Å². The smallest absolute Gasteiger partial charge is 0.232 e. The normalized spacial score (nSPS) is 21.4. The number of hydrogen-bond donors (Lipinski definition) is 0. The molecule has 0 radical (unpaired) electrons. The lowest BCUT2D eigenvalue weighted by atomic mass is 9.69. The van der Waals surface area contributed by atoms with Crippen molar-refractivity contribution >= 4 is 17.4 Å². The molecule has 29 heavy (non-hydrogen) atoms. The van der Waals surface area contributed by atoms with Crippen LogP contribution in [0.1, 0.15) is 61.3 Å². The molecule has 0 aromatic heterocycles. The summed E-state index contributed by atoms with van der Waals surface area (Å²) in [6.45, 7) is 10.4. The fourth-order valence-electron chi connectivity index (χ4n) is 4.82. The Morgan fingerprint density at radius 3 is 2.31 bits per heavy atom. The predicted octanol–water partition coefficient (Wildman–Crippen LogP) is 5.78. The number of Topliss-reactive ketones (excluding diaryl/α,β-unsaturated/α-hetero) is 1. The lowest BCUT2D eigenvalue weighted by Gasteiger charge is -2.43. The minimum absolute atomic E-state index is 0.0748. The molecule has 1 aliphatic carbocycles. The van der Waals surface area contributed by atoms with Crippen molar-refractivity contribution in [2.24, 2.45) is 5.41 Å². The third-order valence-electron chi connectivity index (χ3n) is 6.46. The topological polar surface area (TPSA) is 37.4 Å². The number of carbonyl (C=O) groups excluding carboxylic acids is 2. The van der Waals surface area contributed by atoms with Gasteiger partial charge in [-0.15, -0.1) is 0 Å². The molecule has 0 bridgehead atoms. The molecule has 1 amide bonds. The van der Waals surface area contributed by atoms with E-state index in [4.69, 9.17) is 0 Å². The van der Waals surface area contributed by atoms with Gasteiger partial charge in [-0.3, -0.25) is 14.5 Å². The molecule has 150 valence electrons. The number of hydrogen-bond acceptors (Lipinski definition) is 2. The van der Waals surface area contributed by atoms with Gasteiger partial charge in [-0.2, -0.15) is 0 Å². The van der Waals surface area contributed by atoms with E-state index in [0.29, 0.717) is 12.8 Å². The zero-order chi connectivity index (χ0) is 20.9. The van der Waals surface area contributed by atoms with Crippen molar-refractivity contribution in [1.29, 1.82) is 0 Å². The molecule has 1 aliphatic heterocycles. The van der Waals surface area contributed by atoms with Gasteiger partial charge in [0, 0.05) is 35.7 Å². The van der Waals surface area contributed by atoms with Crippen LogP contribution in [0.2, 0.25) is 0 Å². The second-order valence-electron chi connectivity index (χ2n) is 9.41. The van der Waals surface area contributed by atoms with Gasteiger partial charge in [0.2, 0.25) is 5.91 Å². The van der Waals surface area contributed by atoms with Crippen molar-refractivity contribution in [3.8, 4) is 0 Å². The van der Waals surface area contributed by atoms with Crippen molar-refractivity contribution in [2.75, 3.05) is 4.90 Å². The molecule has 0 spiro atoms. The second kappa shape index (κ2) is 6.98. The lowest BCUT2D eigenvalue weighted by molar-refractivity contribution is -0.121. The fraction of sp³-hybridized carbons (Fsp3) is 0.385. The summed E-state index contributed by atoms with van der Waals surface area (Å²) in [7, 11) is 0. The van der Waals surface area contributed by atoms with E-state index in [0.717, 1.165) is 40.1 Å². The number of nitrogens with zero attached hydrogens (tertiary/aromatic N) is 1. The number of aryl methyl sites for hydroxylation is 3. The van der Waals surface area contributed by atoms with E-state index >= 15 is 0 Å². The molecule has 0 saturated carbocycles. The quantitative estimate of drug-likeness (QED) is 0.655. The van der Waals surface area contributed by atoms with Crippen LogP contribution in [-0.2, 0) is 9.59 Å². The van der Waals surface area contributed by atoms with Crippen molar-refractivity contribution in [3.05, 3.63) is 76.0 Å². The van der Waals surface area contributed by atoms with E-state index in [1.807, 2.05) is 23.1 Å². The number of rotatable bonds is 2. The first-order chi connectivity index (χ1) is 13.7. The molecule has 3 nitrogen and oxygen atoms in total. The summed E-state index contributed by atoms with van der Waals surface area (Å²) in [4.78, 5) is 28.6. The molecule has 2 aromatic carbocycles. The average Bonchev–Trinajstić information content (AvgIpc) is 2.63. The SMILES string of the molecule is Cc1ccc(N2C(=O)CC(c3ccccc3C)C3=C2CC(C)(C)CC3=O)cc1C. The van der Waals surface area contributed by atoms with Crippen LogP contribution >= 0.6 is 0 Å². The van der Waals surface area contributed by atoms with Gasteiger partial charge in [-0.05, 0) is 67.0 Å². The summed E-state index contributed by atoms with van der Waals surface area (Å²) in [6.07, 6.45) is 1.60. The van der Waals surface area contributed by atoms with E-state index in [2.05, 4.69) is 58.9 Å². The second-order valence-corrected chi connectivity index (χ2v) is 9.41. The van der Waals surface area contributed by atoms with Crippen LogP contribution in [0.5, 0.6) is 0 Å². The van der Waals surface area contributed by atoms with E-state index < -0.39 is 0 Å².